The SMILES string of the molecule is O=C(NN=Cc1ccccc1F)c1cc(Cl)ccc1C(=O)NC1CCCCC1. The van der Waals surface area contributed by atoms with Gasteiger partial charge >= 0.3 is 0 Å². The molecule has 0 radical (unpaired) electrons. The van der Waals surface area contributed by atoms with Crippen molar-refractivity contribution in [2.24, 2.45) is 5.10 Å². The van der Waals surface area contributed by atoms with Crippen LogP contribution in [0.2, 0.25) is 5.02 Å². The first kappa shape index (κ1) is 20.0. The van der Waals surface area contributed by atoms with E-state index < -0.39 is 11.7 Å². The number of hydrazone groups is 1. The van der Waals surface area contributed by atoms with E-state index in [1.54, 1.807) is 18.2 Å². The molecule has 2 amide bonds. The predicted octanol–water partition coefficient (Wildman–Crippen LogP) is 4.31. The largest absolute Gasteiger partial charge is 0.349 e. The quantitative estimate of drug-likeness (QED) is 0.579. The first-order valence-corrected chi connectivity index (χ1v) is 9.61. The van der Waals surface area contributed by atoms with Crippen molar-refractivity contribution in [1.82, 2.24) is 10.7 Å². The molecule has 1 saturated carbocycles. The van der Waals surface area contributed by atoms with E-state index in [1.807, 2.05) is 0 Å². The normalized spacial score (nSPS) is 14.8. The van der Waals surface area contributed by atoms with Crippen molar-refractivity contribution in [3.05, 3.63) is 70.0 Å². The van der Waals surface area contributed by atoms with E-state index in [0.29, 0.717) is 5.02 Å². The van der Waals surface area contributed by atoms with Gasteiger partial charge in [-0.3, -0.25) is 9.59 Å². The Labute approximate surface area is 168 Å². The van der Waals surface area contributed by atoms with Crippen LogP contribution in [0.3, 0.4) is 0 Å². The van der Waals surface area contributed by atoms with Crippen LogP contribution >= 0.6 is 11.6 Å². The Bertz CT molecular complexity index is 895. The van der Waals surface area contributed by atoms with Gasteiger partial charge in [0.05, 0.1) is 17.3 Å². The number of hydrogen-bond donors (Lipinski definition) is 2. The third-order valence-electron chi connectivity index (χ3n) is 4.69. The highest BCUT2D eigenvalue weighted by Crippen LogP contribution is 2.20. The van der Waals surface area contributed by atoms with Gasteiger partial charge in [-0.05, 0) is 37.1 Å². The van der Waals surface area contributed by atoms with Crippen molar-refractivity contribution >= 4 is 29.6 Å². The molecular formula is C21H21ClFN3O2. The minimum absolute atomic E-state index is 0.117. The number of halogens is 2. The Morgan fingerprint density at radius 2 is 1.79 bits per heavy atom. The number of rotatable bonds is 5. The highest BCUT2D eigenvalue weighted by Gasteiger charge is 2.21. The average Bonchev–Trinajstić information content (AvgIpc) is 2.70. The zero-order valence-electron chi connectivity index (χ0n) is 15.3. The molecule has 1 aliphatic carbocycles. The van der Waals surface area contributed by atoms with Gasteiger partial charge in [-0.15, -0.1) is 0 Å². The van der Waals surface area contributed by atoms with Gasteiger partial charge < -0.3 is 5.32 Å². The van der Waals surface area contributed by atoms with Crippen molar-refractivity contribution in [1.29, 1.82) is 0 Å². The van der Waals surface area contributed by atoms with E-state index >= 15 is 0 Å². The molecule has 0 aromatic heterocycles. The summed E-state index contributed by atoms with van der Waals surface area (Å²) in [5.41, 5.74) is 2.91. The number of carbonyl (C=O) groups excluding carboxylic acids is 2. The number of nitrogens with one attached hydrogen (secondary N) is 2. The van der Waals surface area contributed by atoms with E-state index in [0.717, 1.165) is 25.7 Å². The molecule has 0 aliphatic heterocycles. The number of carbonyl (C=O) groups is 2. The first-order valence-electron chi connectivity index (χ1n) is 9.23. The molecule has 5 nitrogen and oxygen atoms in total. The van der Waals surface area contributed by atoms with Gasteiger partial charge in [-0.25, -0.2) is 9.82 Å². The highest BCUT2D eigenvalue weighted by molar-refractivity contribution is 6.31. The predicted molar refractivity (Wildman–Crippen MR) is 107 cm³/mol. The standard InChI is InChI=1S/C21H21ClFN3O2/c22-15-10-11-17(20(27)25-16-7-2-1-3-8-16)18(12-15)21(28)26-24-13-14-6-4-5-9-19(14)23/h4-6,9-13,16H,1-3,7-8H2,(H,25,27)(H,26,28). The van der Waals surface area contributed by atoms with Gasteiger partial charge in [0.15, 0.2) is 0 Å². The fourth-order valence-electron chi connectivity index (χ4n) is 3.21. The molecule has 0 spiro atoms. The van der Waals surface area contributed by atoms with Crippen molar-refractivity contribution in [2.75, 3.05) is 0 Å². The summed E-state index contributed by atoms with van der Waals surface area (Å²) in [6.07, 6.45) is 6.44. The second kappa shape index (κ2) is 9.46. The molecule has 0 saturated heterocycles. The molecule has 0 unspecified atom stereocenters. The average molecular weight is 402 g/mol. The van der Waals surface area contributed by atoms with Crippen LogP contribution in [0.25, 0.3) is 0 Å². The minimum Gasteiger partial charge on any atom is -0.349 e. The molecule has 2 aromatic rings. The summed E-state index contributed by atoms with van der Waals surface area (Å²) in [7, 11) is 0. The van der Waals surface area contributed by atoms with E-state index in [2.05, 4.69) is 15.8 Å². The lowest BCUT2D eigenvalue weighted by molar-refractivity contribution is 0.0904. The van der Waals surface area contributed by atoms with Crippen molar-refractivity contribution in [3.8, 4) is 0 Å². The minimum atomic E-state index is -0.594. The van der Waals surface area contributed by atoms with Crippen molar-refractivity contribution < 1.29 is 14.0 Å². The second-order valence-corrected chi connectivity index (χ2v) is 7.16. The second-order valence-electron chi connectivity index (χ2n) is 6.72. The molecule has 1 fully saturated rings. The van der Waals surface area contributed by atoms with E-state index in [9.17, 15) is 14.0 Å². The Hall–Kier alpha value is -2.73. The molecule has 1 aliphatic rings. The van der Waals surface area contributed by atoms with E-state index in [-0.39, 0.29) is 28.6 Å². The summed E-state index contributed by atoms with van der Waals surface area (Å²) in [4.78, 5) is 25.2. The van der Waals surface area contributed by atoms with Crippen LogP contribution in [0.5, 0.6) is 0 Å². The van der Waals surface area contributed by atoms with Crippen molar-refractivity contribution in [3.63, 3.8) is 0 Å². The Kier molecular flexibility index (Phi) is 6.76. The summed E-state index contributed by atoms with van der Waals surface area (Å²) in [5.74, 6) is -1.36. The summed E-state index contributed by atoms with van der Waals surface area (Å²) in [6.45, 7) is 0. The van der Waals surface area contributed by atoms with Gasteiger partial charge in [-0.1, -0.05) is 49.1 Å². The number of nitrogens with zero attached hydrogens (tertiary/aromatic N) is 1. The molecule has 7 heteroatoms. The van der Waals surface area contributed by atoms with Crippen LogP contribution in [0.15, 0.2) is 47.6 Å². The fraction of sp³-hybridized carbons (Fsp3) is 0.286. The maximum Gasteiger partial charge on any atom is 0.272 e. The van der Waals surface area contributed by atoms with Gasteiger partial charge in [0.1, 0.15) is 5.82 Å². The van der Waals surface area contributed by atoms with Crippen LogP contribution in [0.1, 0.15) is 58.4 Å². The third-order valence-corrected chi connectivity index (χ3v) is 4.92. The fourth-order valence-corrected chi connectivity index (χ4v) is 3.38. The molecule has 3 rings (SSSR count). The summed E-state index contributed by atoms with van der Waals surface area (Å²) >= 11 is 6.01. The van der Waals surface area contributed by atoms with Crippen molar-refractivity contribution in [2.45, 2.75) is 38.1 Å². The number of benzene rings is 2. The van der Waals surface area contributed by atoms with Crippen LogP contribution in [-0.2, 0) is 0 Å². The van der Waals surface area contributed by atoms with Gasteiger partial charge in [0.25, 0.3) is 11.8 Å². The molecular weight excluding hydrogens is 381 g/mol. The lowest BCUT2D eigenvalue weighted by atomic mass is 9.95. The molecule has 0 bridgehead atoms. The smallest absolute Gasteiger partial charge is 0.272 e. The van der Waals surface area contributed by atoms with Gasteiger partial charge in [-0.2, -0.15) is 5.10 Å². The Morgan fingerprint density at radius 3 is 2.54 bits per heavy atom. The molecule has 28 heavy (non-hydrogen) atoms. The maximum atomic E-state index is 13.6. The summed E-state index contributed by atoms with van der Waals surface area (Å²) in [6, 6.07) is 10.7. The zero-order chi connectivity index (χ0) is 19.9. The van der Waals surface area contributed by atoms with Gasteiger partial charge in [0.2, 0.25) is 0 Å². The lowest BCUT2D eigenvalue weighted by Gasteiger charge is -2.23. The van der Waals surface area contributed by atoms with Crippen LogP contribution < -0.4 is 10.7 Å². The third kappa shape index (κ3) is 5.16. The lowest BCUT2D eigenvalue weighted by Crippen LogP contribution is -2.37. The molecule has 2 N–H and O–H groups in total. The number of amides is 2. The van der Waals surface area contributed by atoms with Crippen LogP contribution in [-0.4, -0.2) is 24.1 Å². The Balaban J connectivity index is 1.73. The highest BCUT2D eigenvalue weighted by atomic mass is 35.5. The topological polar surface area (TPSA) is 70.6 Å². The molecule has 0 heterocycles. The molecule has 2 aromatic carbocycles. The number of hydrogen-bond acceptors (Lipinski definition) is 3. The first-order chi connectivity index (χ1) is 13.5. The molecule has 0 atom stereocenters. The maximum absolute atomic E-state index is 13.6. The van der Waals surface area contributed by atoms with Crippen LogP contribution in [0.4, 0.5) is 4.39 Å². The van der Waals surface area contributed by atoms with E-state index in [1.165, 1.54) is 36.9 Å². The zero-order valence-corrected chi connectivity index (χ0v) is 16.0. The summed E-state index contributed by atoms with van der Waals surface area (Å²) < 4.78 is 13.6. The molecule has 146 valence electrons. The van der Waals surface area contributed by atoms with Gasteiger partial charge in [0, 0.05) is 16.6 Å². The van der Waals surface area contributed by atoms with E-state index in [4.69, 9.17) is 11.6 Å². The Morgan fingerprint density at radius 1 is 1.04 bits per heavy atom. The van der Waals surface area contributed by atoms with Crippen LogP contribution in [0, 0.1) is 5.82 Å². The summed E-state index contributed by atoms with van der Waals surface area (Å²) in [5, 5.41) is 7.11. The monoisotopic (exact) mass is 401 g/mol.